The Labute approximate surface area is 115 Å². The van der Waals surface area contributed by atoms with Gasteiger partial charge in [-0.25, -0.2) is 0 Å². The summed E-state index contributed by atoms with van der Waals surface area (Å²) in [7, 11) is 3.43. The van der Waals surface area contributed by atoms with Gasteiger partial charge in [-0.15, -0.1) is 24.0 Å². The van der Waals surface area contributed by atoms with E-state index in [2.05, 4.69) is 15.6 Å². The number of aliphatic imine (C=N–C) groups is 1. The molecule has 1 unspecified atom stereocenters. The smallest absolute Gasteiger partial charge is 0.191 e. The fourth-order valence-electron chi connectivity index (χ4n) is 1.11. The van der Waals surface area contributed by atoms with Crippen LogP contribution in [-0.2, 0) is 9.47 Å². The average Bonchev–Trinajstić information content (AvgIpc) is 2.23. The van der Waals surface area contributed by atoms with Crippen molar-refractivity contribution < 1.29 is 9.47 Å². The zero-order chi connectivity index (χ0) is 11.5. The minimum atomic E-state index is 0. The highest BCUT2D eigenvalue weighted by Crippen LogP contribution is 1.82. The van der Waals surface area contributed by atoms with Crippen LogP contribution >= 0.6 is 24.0 Å². The molecule has 0 aromatic carbocycles. The fourth-order valence-corrected chi connectivity index (χ4v) is 1.11. The molecule has 0 radical (unpaired) electrons. The molecule has 0 heterocycles. The number of hydrogen-bond donors (Lipinski definition) is 2. The van der Waals surface area contributed by atoms with Crippen molar-refractivity contribution in [2.45, 2.75) is 19.9 Å². The molecule has 0 bridgehead atoms. The number of rotatable bonds is 7. The van der Waals surface area contributed by atoms with Gasteiger partial charge in [-0.05, 0) is 13.8 Å². The normalized spacial score (nSPS) is 12.9. The average molecular weight is 345 g/mol. The molecule has 0 aliphatic carbocycles. The van der Waals surface area contributed by atoms with Crippen molar-refractivity contribution in [3.63, 3.8) is 0 Å². The second-order valence-electron chi connectivity index (χ2n) is 3.20. The van der Waals surface area contributed by atoms with Crippen molar-refractivity contribution in [1.29, 1.82) is 0 Å². The van der Waals surface area contributed by atoms with E-state index in [4.69, 9.17) is 9.47 Å². The topological polar surface area (TPSA) is 54.9 Å². The van der Waals surface area contributed by atoms with Crippen molar-refractivity contribution >= 4 is 29.9 Å². The number of guanidine groups is 1. The zero-order valence-electron chi connectivity index (χ0n) is 10.6. The second kappa shape index (κ2) is 13.0. The van der Waals surface area contributed by atoms with Gasteiger partial charge in [0.05, 0.1) is 13.2 Å². The van der Waals surface area contributed by atoms with Crippen LogP contribution < -0.4 is 10.6 Å². The van der Waals surface area contributed by atoms with Gasteiger partial charge in [0.25, 0.3) is 0 Å². The lowest BCUT2D eigenvalue weighted by Crippen LogP contribution is -2.44. The summed E-state index contributed by atoms with van der Waals surface area (Å²) in [6.07, 6.45) is 0. The lowest BCUT2D eigenvalue weighted by molar-refractivity contribution is 0.152. The quantitative estimate of drug-likeness (QED) is 0.311. The monoisotopic (exact) mass is 345 g/mol. The van der Waals surface area contributed by atoms with Gasteiger partial charge in [-0.3, -0.25) is 4.99 Å². The Kier molecular flexibility index (Phi) is 14.8. The van der Waals surface area contributed by atoms with Crippen LogP contribution in [0.1, 0.15) is 13.8 Å². The van der Waals surface area contributed by atoms with Gasteiger partial charge in [-0.2, -0.15) is 0 Å². The highest BCUT2D eigenvalue weighted by molar-refractivity contribution is 14.0. The summed E-state index contributed by atoms with van der Waals surface area (Å²) in [6.45, 7) is 6.87. The van der Waals surface area contributed by atoms with Crippen LogP contribution in [0.2, 0.25) is 0 Å². The van der Waals surface area contributed by atoms with Gasteiger partial charge in [0, 0.05) is 33.4 Å². The third-order valence-electron chi connectivity index (χ3n) is 1.77. The molecule has 0 spiro atoms. The number of nitrogens with one attached hydrogen (secondary N) is 2. The molecule has 0 aromatic heterocycles. The molecule has 0 rings (SSSR count). The van der Waals surface area contributed by atoms with Crippen LogP contribution in [0.15, 0.2) is 4.99 Å². The van der Waals surface area contributed by atoms with E-state index >= 15 is 0 Å². The predicted octanol–water partition coefficient (Wildman–Crippen LogP) is 0.841. The summed E-state index contributed by atoms with van der Waals surface area (Å²) in [5.74, 6) is 0.777. The summed E-state index contributed by atoms with van der Waals surface area (Å²) >= 11 is 0. The molecule has 0 amide bonds. The molecule has 0 aliphatic rings. The Morgan fingerprint density at radius 2 is 2.12 bits per heavy atom. The molecule has 1 atom stereocenters. The SMILES string of the molecule is CCOCCNC(=NC)NC(C)COC.I. The van der Waals surface area contributed by atoms with E-state index in [-0.39, 0.29) is 30.0 Å². The zero-order valence-corrected chi connectivity index (χ0v) is 12.9. The molecular weight excluding hydrogens is 321 g/mol. The Balaban J connectivity index is 0. The first kappa shape index (κ1) is 18.3. The number of methoxy groups -OCH3 is 1. The number of nitrogens with zero attached hydrogens (tertiary/aromatic N) is 1. The second-order valence-corrected chi connectivity index (χ2v) is 3.20. The molecule has 0 aliphatic heterocycles. The molecular formula is C10H24IN3O2. The maximum atomic E-state index is 5.21. The van der Waals surface area contributed by atoms with Gasteiger partial charge < -0.3 is 20.1 Å². The highest BCUT2D eigenvalue weighted by atomic mass is 127. The Hall–Kier alpha value is -0.0800. The van der Waals surface area contributed by atoms with Crippen LogP contribution in [-0.4, -0.2) is 52.5 Å². The van der Waals surface area contributed by atoms with Crippen molar-refractivity contribution in [3.05, 3.63) is 0 Å². The molecule has 98 valence electrons. The molecule has 16 heavy (non-hydrogen) atoms. The molecule has 5 nitrogen and oxygen atoms in total. The molecule has 0 aromatic rings. The maximum absolute atomic E-state index is 5.21. The predicted molar refractivity (Wildman–Crippen MR) is 77.7 cm³/mol. The summed E-state index contributed by atoms with van der Waals surface area (Å²) in [4.78, 5) is 4.09. The van der Waals surface area contributed by atoms with Gasteiger partial charge in [0.15, 0.2) is 5.96 Å². The molecule has 6 heteroatoms. The first-order valence-electron chi connectivity index (χ1n) is 5.28. The van der Waals surface area contributed by atoms with Crippen LogP contribution in [0.25, 0.3) is 0 Å². The van der Waals surface area contributed by atoms with Crippen molar-refractivity contribution in [2.75, 3.05) is 40.5 Å². The summed E-state index contributed by atoms with van der Waals surface area (Å²) < 4.78 is 10.2. The van der Waals surface area contributed by atoms with E-state index in [0.717, 1.165) is 19.1 Å². The van der Waals surface area contributed by atoms with Crippen LogP contribution in [0.5, 0.6) is 0 Å². The van der Waals surface area contributed by atoms with Crippen LogP contribution in [0.4, 0.5) is 0 Å². The summed E-state index contributed by atoms with van der Waals surface area (Å²) in [5.41, 5.74) is 0. The Morgan fingerprint density at radius 3 is 2.62 bits per heavy atom. The van der Waals surface area contributed by atoms with Gasteiger partial charge >= 0.3 is 0 Å². The number of halogens is 1. The summed E-state index contributed by atoms with van der Waals surface area (Å²) in [6, 6.07) is 0.244. The van der Waals surface area contributed by atoms with Gasteiger partial charge in [0.2, 0.25) is 0 Å². The van der Waals surface area contributed by atoms with Gasteiger partial charge in [0.1, 0.15) is 0 Å². The minimum Gasteiger partial charge on any atom is -0.383 e. The first-order chi connectivity index (χ1) is 7.24. The summed E-state index contributed by atoms with van der Waals surface area (Å²) in [5, 5.41) is 6.35. The molecule has 2 N–H and O–H groups in total. The molecule has 0 saturated carbocycles. The number of hydrogen-bond acceptors (Lipinski definition) is 3. The largest absolute Gasteiger partial charge is 0.383 e. The van der Waals surface area contributed by atoms with E-state index in [1.54, 1.807) is 14.2 Å². The highest BCUT2D eigenvalue weighted by Gasteiger charge is 2.03. The maximum Gasteiger partial charge on any atom is 0.191 e. The van der Waals surface area contributed by atoms with Crippen molar-refractivity contribution in [1.82, 2.24) is 10.6 Å². The number of ether oxygens (including phenoxy) is 2. The van der Waals surface area contributed by atoms with E-state index < -0.39 is 0 Å². The molecule has 0 saturated heterocycles. The van der Waals surface area contributed by atoms with Crippen LogP contribution in [0.3, 0.4) is 0 Å². The lowest BCUT2D eigenvalue weighted by atomic mass is 10.4. The third-order valence-corrected chi connectivity index (χ3v) is 1.77. The van der Waals surface area contributed by atoms with Gasteiger partial charge in [-0.1, -0.05) is 0 Å². The Bertz CT molecular complexity index is 179. The Morgan fingerprint density at radius 1 is 1.44 bits per heavy atom. The standard InChI is InChI=1S/C10H23N3O2.HI/c1-5-15-7-6-12-10(11-3)13-9(2)8-14-4;/h9H,5-8H2,1-4H3,(H2,11,12,13);1H. The molecule has 0 fully saturated rings. The third kappa shape index (κ3) is 10.4. The first-order valence-corrected chi connectivity index (χ1v) is 5.28. The van der Waals surface area contributed by atoms with Crippen molar-refractivity contribution in [2.24, 2.45) is 4.99 Å². The van der Waals surface area contributed by atoms with Crippen molar-refractivity contribution in [3.8, 4) is 0 Å². The van der Waals surface area contributed by atoms with E-state index in [0.29, 0.717) is 13.2 Å². The minimum absolute atomic E-state index is 0. The van der Waals surface area contributed by atoms with E-state index in [9.17, 15) is 0 Å². The van der Waals surface area contributed by atoms with E-state index in [1.165, 1.54) is 0 Å². The van der Waals surface area contributed by atoms with Crippen LogP contribution in [0, 0.1) is 0 Å². The van der Waals surface area contributed by atoms with E-state index in [1.807, 2.05) is 13.8 Å². The lowest BCUT2D eigenvalue weighted by Gasteiger charge is -2.16. The fraction of sp³-hybridized carbons (Fsp3) is 0.900.